The van der Waals surface area contributed by atoms with Gasteiger partial charge in [-0.2, -0.15) is 5.21 Å². The molecule has 0 aliphatic heterocycles. The SMILES string of the molecule is Cc1cc(C(=O)NC(CN(C)C)CN(C)C)ccc1-c1ccc(C[C@H](NC(=O)C2CCC(CN)CC2)C(=O)Nc2ccc(-c3nn[nH]n3)cc2)cc1.Cl. The fourth-order valence-corrected chi connectivity index (χ4v) is 6.86. The van der Waals surface area contributed by atoms with Gasteiger partial charge in [-0.3, -0.25) is 14.4 Å². The van der Waals surface area contributed by atoms with Crippen molar-refractivity contribution in [3.63, 3.8) is 0 Å². The van der Waals surface area contributed by atoms with Crippen LogP contribution in [0.5, 0.6) is 0 Å². The number of hydrogen-bond acceptors (Lipinski definition) is 9. The van der Waals surface area contributed by atoms with Crippen LogP contribution in [0.25, 0.3) is 22.5 Å². The number of anilines is 1. The van der Waals surface area contributed by atoms with Crippen LogP contribution in [0.2, 0.25) is 0 Å². The second-order valence-corrected chi connectivity index (χ2v) is 14.4. The molecule has 0 spiro atoms. The fourth-order valence-electron chi connectivity index (χ4n) is 6.86. The minimum atomic E-state index is -0.786. The average molecular weight is 745 g/mol. The van der Waals surface area contributed by atoms with Gasteiger partial charge in [0.1, 0.15) is 6.04 Å². The molecule has 6 N–H and O–H groups in total. The minimum absolute atomic E-state index is 0. The number of carbonyl (C=O) groups excluding carboxylic acids is 3. The standard InChI is InChI=1S/C39H52N10O3.ClH/c1-25-20-31(38(51)42-33(23-48(2)3)24-49(4)5)16-19-34(25)28-10-6-26(7-11-28)21-35(43-37(50)30-12-8-27(22-40)9-13-30)39(52)41-32-17-14-29(15-18-32)36-44-46-47-45-36;/h6-7,10-11,14-20,27,30,33,35H,8-9,12-13,21-24,40H2,1-5H3,(H,41,52)(H,42,51)(H,43,50)(H,44,45,46,47);1H/t27?,30?,35-;/m0./s1. The van der Waals surface area contributed by atoms with E-state index >= 15 is 0 Å². The average Bonchev–Trinajstić information content (AvgIpc) is 3.67. The normalized spacial score (nSPS) is 16.2. The summed E-state index contributed by atoms with van der Waals surface area (Å²) >= 11 is 0. The van der Waals surface area contributed by atoms with Crippen molar-refractivity contribution in [1.82, 2.24) is 41.1 Å². The summed E-state index contributed by atoms with van der Waals surface area (Å²) in [5, 5.41) is 23.3. The first-order valence-corrected chi connectivity index (χ1v) is 17.9. The molecule has 13 nitrogen and oxygen atoms in total. The third kappa shape index (κ3) is 11.6. The number of nitrogens with two attached hydrogens (primary N) is 1. The van der Waals surface area contributed by atoms with Crippen LogP contribution in [0, 0.1) is 18.8 Å². The van der Waals surface area contributed by atoms with E-state index in [1.165, 1.54) is 0 Å². The van der Waals surface area contributed by atoms with Crippen molar-refractivity contribution < 1.29 is 14.4 Å². The number of aromatic nitrogens is 4. The zero-order chi connectivity index (χ0) is 37.2. The van der Waals surface area contributed by atoms with Crippen molar-refractivity contribution in [2.75, 3.05) is 53.1 Å². The van der Waals surface area contributed by atoms with Gasteiger partial charge in [0.25, 0.3) is 5.91 Å². The van der Waals surface area contributed by atoms with Gasteiger partial charge in [-0.05, 0) is 137 Å². The Labute approximate surface area is 318 Å². The van der Waals surface area contributed by atoms with Crippen molar-refractivity contribution in [2.45, 2.75) is 51.1 Å². The van der Waals surface area contributed by atoms with Gasteiger partial charge >= 0.3 is 0 Å². The lowest BCUT2D eigenvalue weighted by Gasteiger charge is -2.28. The Balaban J connectivity index is 0.00000627. The molecule has 0 radical (unpaired) electrons. The number of halogens is 1. The zero-order valence-electron chi connectivity index (χ0n) is 31.3. The molecule has 1 aromatic heterocycles. The lowest BCUT2D eigenvalue weighted by atomic mass is 9.81. The van der Waals surface area contributed by atoms with E-state index in [9.17, 15) is 14.4 Å². The van der Waals surface area contributed by atoms with Crippen LogP contribution >= 0.6 is 12.4 Å². The first-order valence-electron chi connectivity index (χ1n) is 17.9. The molecule has 14 heteroatoms. The number of nitrogens with zero attached hydrogens (tertiary/aromatic N) is 5. The van der Waals surface area contributed by atoms with E-state index in [0.717, 1.165) is 66.6 Å². The molecule has 284 valence electrons. The number of amides is 3. The summed E-state index contributed by atoms with van der Waals surface area (Å²) in [5.41, 5.74) is 11.7. The smallest absolute Gasteiger partial charge is 0.251 e. The number of H-pyrrole nitrogens is 1. The first kappa shape index (κ1) is 41.1. The summed E-state index contributed by atoms with van der Waals surface area (Å²) in [7, 11) is 8.00. The Kier molecular flexibility index (Phi) is 15.0. The van der Waals surface area contributed by atoms with Gasteiger partial charge in [0.15, 0.2) is 0 Å². The number of carbonyl (C=O) groups is 3. The molecule has 0 bridgehead atoms. The quantitative estimate of drug-likeness (QED) is 0.121. The van der Waals surface area contributed by atoms with Crippen LogP contribution in [-0.2, 0) is 16.0 Å². The third-order valence-corrected chi connectivity index (χ3v) is 9.64. The maximum absolute atomic E-state index is 13.7. The number of benzene rings is 3. The number of likely N-dealkylation sites (N-methyl/N-ethyl adjacent to an activating group) is 2. The fraction of sp³-hybridized carbons (Fsp3) is 0.436. The summed E-state index contributed by atoms with van der Waals surface area (Å²) in [6.07, 6.45) is 3.67. The van der Waals surface area contributed by atoms with E-state index in [1.807, 2.05) is 77.6 Å². The van der Waals surface area contributed by atoms with E-state index < -0.39 is 6.04 Å². The monoisotopic (exact) mass is 744 g/mol. The molecule has 0 unspecified atom stereocenters. The van der Waals surface area contributed by atoms with E-state index in [-0.39, 0.29) is 42.1 Å². The Hall–Kier alpha value is -4.69. The van der Waals surface area contributed by atoms with E-state index in [2.05, 4.69) is 46.4 Å². The molecule has 1 saturated carbocycles. The maximum Gasteiger partial charge on any atom is 0.251 e. The highest BCUT2D eigenvalue weighted by Crippen LogP contribution is 2.29. The number of tetrazole rings is 1. The van der Waals surface area contributed by atoms with Crippen LogP contribution in [0.15, 0.2) is 66.7 Å². The molecule has 1 aliphatic rings. The summed E-state index contributed by atoms with van der Waals surface area (Å²) in [4.78, 5) is 44.5. The third-order valence-electron chi connectivity index (χ3n) is 9.64. The van der Waals surface area contributed by atoms with Crippen LogP contribution in [0.3, 0.4) is 0 Å². The molecular weight excluding hydrogens is 692 g/mol. The first-order chi connectivity index (χ1) is 25.0. The van der Waals surface area contributed by atoms with Crippen molar-refractivity contribution in [2.24, 2.45) is 17.6 Å². The molecular formula is C39H53ClN10O3. The summed E-state index contributed by atoms with van der Waals surface area (Å²) < 4.78 is 0. The van der Waals surface area contributed by atoms with Crippen molar-refractivity contribution in [3.8, 4) is 22.5 Å². The zero-order valence-corrected chi connectivity index (χ0v) is 32.1. The van der Waals surface area contributed by atoms with E-state index in [1.54, 1.807) is 24.3 Å². The predicted octanol–water partition coefficient (Wildman–Crippen LogP) is 3.92. The Bertz CT molecular complexity index is 1760. The Morgan fingerprint density at radius 3 is 2.08 bits per heavy atom. The van der Waals surface area contributed by atoms with Gasteiger partial charge in [-0.25, -0.2) is 0 Å². The lowest BCUT2D eigenvalue weighted by molar-refractivity contribution is -0.130. The van der Waals surface area contributed by atoms with Gasteiger partial charge in [-0.15, -0.1) is 22.6 Å². The Morgan fingerprint density at radius 1 is 0.868 bits per heavy atom. The molecule has 1 aliphatic carbocycles. The molecule has 1 atom stereocenters. The van der Waals surface area contributed by atoms with Gasteiger partial charge in [0.05, 0.1) is 6.04 Å². The highest BCUT2D eigenvalue weighted by molar-refractivity contribution is 5.98. The van der Waals surface area contributed by atoms with Gasteiger partial charge in [-0.1, -0.05) is 30.3 Å². The van der Waals surface area contributed by atoms with Crippen LogP contribution < -0.4 is 21.7 Å². The number of aryl methyl sites for hydroxylation is 1. The maximum atomic E-state index is 13.7. The molecule has 53 heavy (non-hydrogen) atoms. The van der Waals surface area contributed by atoms with E-state index in [4.69, 9.17) is 5.73 Å². The second kappa shape index (κ2) is 19.4. The van der Waals surface area contributed by atoms with Crippen molar-refractivity contribution in [3.05, 3.63) is 83.4 Å². The summed E-state index contributed by atoms with van der Waals surface area (Å²) in [5.74, 6) is 0.257. The number of aromatic amines is 1. The van der Waals surface area contributed by atoms with Crippen LogP contribution in [0.4, 0.5) is 5.69 Å². The highest BCUT2D eigenvalue weighted by atomic mass is 35.5. The molecule has 3 amide bonds. The Morgan fingerprint density at radius 2 is 1.51 bits per heavy atom. The van der Waals surface area contributed by atoms with Crippen LogP contribution in [0.1, 0.15) is 47.2 Å². The van der Waals surface area contributed by atoms with Crippen molar-refractivity contribution in [1.29, 1.82) is 0 Å². The predicted molar refractivity (Wildman–Crippen MR) is 211 cm³/mol. The van der Waals surface area contributed by atoms with Crippen LogP contribution in [-0.4, -0.2) is 108 Å². The number of hydrogen-bond donors (Lipinski definition) is 5. The molecule has 3 aromatic carbocycles. The summed E-state index contributed by atoms with van der Waals surface area (Å²) in [6, 6.07) is 20.1. The van der Waals surface area contributed by atoms with E-state index in [0.29, 0.717) is 36.0 Å². The molecule has 5 rings (SSSR count). The van der Waals surface area contributed by atoms with Gasteiger partial charge in [0, 0.05) is 42.2 Å². The molecule has 1 heterocycles. The number of rotatable bonds is 15. The molecule has 4 aromatic rings. The molecule has 1 fully saturated rings. The second-order valence-electron chi connectivity index (χ2n) is 14.4. The van der Waals surface area contributed by atoms with Gasteiger partial charge < -0.3 is 31.5 Å². The topological polar surface area (TPSA) is 174 Å². The summed E-state index contributed by atoms with van der Waals surface area (Å²) in [6.45, 7) is 4.12. The van der Waals surface area contributed by atoms with Crippen molar-refractivity contribution >= 4 is 35.8 Å². The minimum Gasteiger partial charge on any atom is -0.347 e. The van der Waals surface area contributed by atoms with Gasteiger partial charge in [0.2, 0.25) is 17.6 Å². The largest absolute Gasteiger partial charge is 0.347 e. The number of nitrogens with one attached hydrogen (secondary N) is 4. The highest BCUT2D eigenvalue weighted by Gasteiger charge is 2.29. The molecule has 0 saturated heterocycles. The lowest BCUT2D eigenvalue weighted by Crippen LogP contribution is -2.48.